The maximum atomic E-state index is 10.9. The molecule has 1 unspecified atom stereocenters. The zero-order chi connectivity index (χ0) is 10.3. The van der Waals surface area contributed by atoms with Gasteiger partial charge in [0.25, 0.3) is 5.91 Å². The Balaban J connectivity index is 3.63. The van der Waals surface area contributed by atoms with Crippen LogP contribution in [0.15, 0.2) is 0 Å². The van der Waals surface area contributed by atoms with E-state index in [2.05, 4.69) is 10.8 Å². The highest BCUT2D eigenvalue weighted by atomic mass is 16.7. The van der Waals surface area contributed by atoms with E-state index in [0.29, 0.717) is 0 Å². The monoisotopic (exact) mass is 185 g/mol. The van der Waals surface area contributed by atoms with Gasteiger partial charge in [0, 0.05) is 6.42 Å². The fourth-order valence-corrected chi connectivity index (χ4v) is 0.474. The quantitative estimate of drug-likeness (QED) is 0.336. The molecule has 6 heteroatoms. The Morgan fingerprint density at radius 2 is 2.23 bits per heavy atom. The zero-order valence-corrected chi connectivity index (χ0v) is 6.95. The van der Waals surface area contributed by atoms with E-state index in [-0.39, 0.29) is 6.42 Å². The Labute approximate surface area is 75.5 Å². The third kappa shape index (κ3) is 5.66. The van der Waals surface area contributed by atoms with Crippen molar-refractivity contribution in [1.29, 1.82) is 0 Å². The molecular formula is C7H11N3O3. The Bertz CT molecular complexity index is 234. The van der Waals surface area contributed by atoms with Gasteiger partial charge in [0.1, 0.15) is 0 Å². The van der Waals surface area contributed by atoms with Gasteiger partial charge in [0.15, 0.2) is 6.61 Å². The first-order valence-corrected chi connectivity index (χ1v) is 3.47. The number of nitrogens with two attached hydrogens (primary N) is 2. The van der Waals surface area contributed by atoms with Crippen LogP contribution in [0.25, 0.3) is 0 Å². The minimum Gasteiger partial charge on any atom is -0.368 e. The summed E-state index contributed by atoms with van der Waals surface area (Å²) in [4.78, 5) is 25.5. The van der Waals surface area contributed by atoms with Crippen molar-refractivity contribution >= 4 is 11.8 Å². The lowest BCUT2D eigenvalue weighted by molar-refractivity contribution is -0.138. The van der Waals surface area contributed by atoms with Gasteiger partial charge in [-0.2, -0.15) is 0 Å². The SMILES string of the molecule is C#CCC(N)C(=O)NOCC(N)=O. The van der Waals surface area contributed by atoms with Crippen LogP contribution in [-0.4, -0.2) is 24.5 Å². The summed E-state index contributed by atoms with van der Waals surface area (Å²) in [6.07, 6.45) is 5.02. The number of carbonyl (C=O) groups excluding carboxylic acids is 2. The number of hydrogen-bond donors (Lipinski definition) is 3. The zero-order valence-electron chi connectivity index (χ0n) is 6.95. The molecule has 6 nitrogen and oxygen atoms in total. The van der Waals surface area contributed by atoms with Gasteiger partial charge < -0.3 is 11.5 Å². The van der Waals surface area contributed by atoms with Crippen molar-refractivity contribution in [3.05, 3.63) is 0 Å². The van der Waals surface area contributed by atoms with Gasteiger partial charge in [-0.3, -0.25) is 14.4 Å². The lowest BCUT2D eigenvalue weighted by atomic mass is 10.2. The van der Waals surface area contributed by atoms with E-state index in [1.807, 2.05) is 5.48 Å². The van der Waals surface area contributed by atoms with Gasteiger partial charge in [0.05, 0.1) is 6.04 Å². The summed E-state index contributed by atoms with van der Waals surface area (Å²) in [5.41, 5.74) is 12.0. The number of amides is 2. The highest BCUT2D eigenvalue weighted by Crippen LogP contribution is 1.85. The summed E-state index contributed by atoms with van der Waals surface area (Å²) in [7, 11) is 0. The van der Waals surface area contributed by atoms with Crippen molar-refractivity contribution in [2.45, 2.75) is 12.5 Å². The third-order valence-electron chi connectivity index (χ3n) is 1.06. The van der Waals surface area contributed by atoms with E-state index in [9.17, 15) is 9.59 Å². The summed E-state index contributed by atoms with van der Waals surface area (Å²) in [6, 6.07) is -0.835. The number of rotatable bonds is 5. The second kappa shape index (κ2) is 5.99. The largest absolute Gasteiger partial charge is 0.368 e. The van der Waals surface area contributed by atoms with Crippen LogP contribution >= 0.6 is 0 Å². The molecule has 0 saturated carbocycles. The molecule has 0 spiro atoms. The molecule has 0 aromatic rings. The number of primary amides is 1. The third-order valence-corrected chi connectivity index (χ3v) is 1.06. The smallest absolute Gasteiger partial charge is 0.261 e. The van der Waals surface area contributed by atoms with Gasteiger partial charge in [0.2, 0.25) is 5.91 Å². The molecule has 0 aliphatic heterocycles. The van der Waals surface area contributed by atoms with Crippen molar-refractivity contribution in [3.63, 3.8) is 0 Å². The topological polar surface area (TPSA) is 107 Å². The first-order valence-electron chi connectivity index (χ1n) is 3.47. The fourth-order valence-electron chi connectivity index (χ4n) is 0.474. The molecule has 0 radical (unpaired) electrons. The predicted molar refractivity (Wildman–Crippen MR) is 44.7 cm³/mol. The highest BCUT2D eigenvalue weighted by molar-refractivity contribution is 5.81. The van der Waals surface area contributed by atoms with Gasteiger partial charge >= 0.3 is 0 Å². The van der Waals surface area contributed by atoms with Crippen LogP contribution in [0.3, 0.4) is 0 Å². The minimum atomic E-state index is -0.835. The summed E-state index contributed by atoms with van der Waals surface area (Å²) < 4.78 is 0. The lowest BCUT2D eigenvalue weighted by Gasteiger charge is -2.07. The Kier molecular flexibility index (Phi) is 5.27. The van der Waals surface area contributed by atoms with Crippen LogP contribution in [0.1, 0.15) is 6.42 Å². The predicted octanol–water partition coefficient (Wildman–Crippen LogP) is -2.13. The number of nitrogens with one attached hydrogen (secondary N) is 1. The van der Waals surface area contributed by atoms with E-state index >= 15 is 0 Å². The first kappa shape index (κ1) is 11.4. The first-order chi connectivity index (χ1) is 6.07. The van der Waals surface area contributed by atoms with Crippen molar-refractivity contribution in [2.75, 3.05) is 6.61 Å². The second-order valence-electron chi connectivity index (χ2n) is 2.24. The van der Waals surface area contributed by atoms with Crippen LogP contribution in [0.5, 0.6) is 0 Å². The molecule has 0 rings (SSSR count). The second-order valence-corrected chi connectivity index (χ2v) is 2.24. The molecule has 0 aromatic heterocycles. The molecule has 0 fully saturated rings. The van der Waals surface area contributed by atoms with E-state index in [1.165, 1.54) is 0 Å². The van der Waals surface area contributed by atoms with Crippen LogP contribution < -0.4 is 16.9 Å². The summed E-state index contributed by atoms with van der Waals surface area (Å²) in [5.74, 6) is 0.941. The molecule has 0 bridgehead atoms. The van der Waals surface area contributed by atoms with E-state index in [1.54, 1.807) is 0 Å². The minimum absolute atomic E-state index is 0.103. The molecule has 0 aromatic carbocycles. The van der Waals surface area contributed by atoms with Crippen molar-refractivity contribution in [1.82, 2.24) is 5.48 Å². The van der Waals surface area contributed by atoms with Crippen LogP contribution in [0.2, 0.25) is 0 Å². The van der Waals surface area contributed by atoms with E-state index in [4.69, 9.17) is 17.9 Å². The van der Waals surface area contributed by atoms with Crippen LogP contribution in [0, 0.1) is 12.3 Å². The van der Waals surface area contributed by atoms with Crippen molar-refractivity contribution in [2.24, 2.45) is 11.5 Å². The number of hydrogen-bond acceptors (Lipinski definition) is 4. The molecule has 0 aliphatic rings. The maximum Gasteiger partial charge on any atom is 0.261 e. The van der Waals surface area contributed by atoms with Crippen molar-refractivity contribution in [3.8, 4) is 12.3 Å². The molecule has 72 valence electrons. The van der Waals surface area contributed by atoms with Crippen LogP contribution in [-0.2, 0) is 14.4 Å². The Hall–Kier alpha value is -1.58. The van der Waals surface area contributed by atoms with Gasteiger partial charge in [-0.05, 0) is 0 Å². The Morgan fingerprint density at radius 3 is 2.69 bits per heavy atom. The Morgan fingerprint density at radius 1 is 1.62 bits per heavy atom. The molecule has 5 N–H and O–H groups in total. The van der Waals surface area contributed by atoms with Gasteiger partial charge in [-0.25, -0.2) is 5.48 Å². The standard InChI is InChI=1S/C7H11N3O3/c1-2-3-5(8)7(12)10-13-4-6(9)11/h1,5H,3-4,8H2,(H2,9,11)(H,10,12). The van der Waals surface area contributed by atoms with Crippen molar-refractivity contribution < 1.29 is 14.4 Å². The summed E-state index contributed by atoms with van der Waals surface area (Å²) in [5, 5.41) is 0. The summed E-state index contributed by atoms with van der Waals surface area (Å²) in [6.45, 7) is -0.394. The van der Waals surface area contributed by atoms with E-state index in [0.717, 1.165) is 0 Å². The highest BCUT2D eigenvalue weighted by Gasteiger charge is 2.11. The maximum absolute atomic E-state index is 10.9. The molecule has 0 heterocycles. The number of terminal acetylenes is 1. The van der Waals surface area contributed by atoms with E-state index < -0.39 is 24.5 Å². The molecule has 2 amide bonds. The molecular weight excluding hydrogens is 174 g/mol. The fraction of sp³-hybridized carbons (Fsp3) is 0.429. The lowest BCUT2D eigenvalue weighted by Crippen LogP contribution is -2.41. The average Bonchev–Trinajstić information content (AvgIpc) is 2.04. The molecule has 1 atom stereocenters. The number of carbonyl (C=O) groups is 2. The normalized spacial score (nSPS) is 11.4. The number of hydroxylamine groups is 1. The average molecular weight is 185 g/mol. The van der Waals surface area contributed by atoms with Gasteiger partial charge in [-0.15, -0.1) is 12.3 Å². The summed E-state index contributed by atoms with van der Waals surface area (Å²) >= 11 is 0. The van der Waals surface area contributed by atoms with Gasteiger partial charge in [-0.1, -0.05) is 0 Å². The molecule has 0 aliphatic carbocycles. The molecule has 0 saturated heterocycles. The molecule has 13 heavy (non-hydrogen) atoms. The van der Waals surface area contributed by atoms with Crippen LogP contribution in [0.4, 0.5) is 0 Å².